The van der Waals surface area contributed by atoms with Crippen LogP contribution in [0.2, 0.25) is 0 Å². The number of carbonyl (C=O) groups excluding carboxylic acids is 1. The van der Waals surface area contributed by atoms with Crippen LogP contribution in [0.5, 0.6) is 0 Å². The van der Waals surface area contributed by atoms with Crippen LogP contribution in [0.15, 0.2) is 18.6 Å². The zero-order chi connectivity index (χ0) is 18.9. The van der Waals surface area contributed by atoms with Crippen molar-refractivity contribution in [1.82, 2.24) is 19.9 Å². The predicted octanol–water partition coefficient (Wildman–Crippen LogP) is 3.61. The highest BCUT2D eigenvalue weighted by molar-refractivity contribution is 6.67. The van der Waals surface area contributed by atoms with Gasteiger partial charge < -0.3 is 19.5 Å². The molecule has 1 amide bonds. The van der Waals surface area contributed by atoms with Crippen LogP contribution >= 0.6 is 34.8 Å². The van der Waals surface area contributed by atoms with Crippen LogP contribution in [-0.4, -0.2) is 62.5 Å². The molecule has 2 aromatic heterocycles. The fraction of sp³-hybridized carbons (Fsp3) is 0.562. The summed E-state index contributed by atoms with van der Waals surface area (Å²) in [5.41, 5.74) is 0.782. The monoisotopic (exact) mass is 419 g/mol. The predicted molar refractivity (Wildman–Crippen MR) is 103 cm³/mol. The average molecular weight is 421 g/mol. The van der Waals surface area contributed by atoms with Crippen LogP contribution in [-0.2, 0) is 4.74 Å². The number of likely N-dealkylation sites (tertiary alicyclic amines) is 1. The number of likely N-dealkylation sites (N-methyl/N-ethyl adjacent to an activating group) is 1. The van der Waals surface area contributed by atoms with Crippen LogP contribution in [0.1, 0.15) is 13.3 Å². The minimum Gasteiger partial charge on any atom is -0.445 e. The minimum atomic E-state index is -1.62. The second-order valence-corrected chi connectivity index (χ2v) is 9.01. The van der Waals surface area contributed by atoms with Gasteiger partial charge in [-0.3, -0.25) is 0 Å². The van der Waals surface area contributed by atoms with Gasteiger partial charge in [0.05, 0.1) is 11.4 Å². The maximum atomic E-state index is 12.3. The smallest absolute Gasteiger partial charge is 0.409 e. The highest BCUT2D eigenvalue weighted by Gasteiger charge is 2.34. The summed E-state index contributed by atoms with van der Waals surface area (Å²) in [5, 5.41) is 0.943. The van der Waals surface area contributed by atoms with E-state index >= 15 is 0 Å². The Kier molecular flexibility index (Phi) is 5.69. The summed E-state index contributed by atoms with van der Waals surface area (Å²) in [6.45, 7) is 3.00. The third-order valence-corrected chi connectivity index (χ3v) is 5.03. The van der Waals surface area contributed by atoms with Gasteiger partial charge >= 0.3 is 6.09 Å². The number of hydrogen-bond acceptors (Lipinski definition) is 5. The average Bonchev–Trinajstić information content (AvgIpc) is 3.07. The van der Waals surface area contributed by atoms with Crippen LogP contribution in [0.4, 0.5) is 10.6 Å². The van der Waals surface area contributed by atoms with E-state index in [1.54, 1.807) is 4.90 Å². The van der Waals surface area contributed by atoms with Crippen molar-refractivity contribution in [2.75, 3.05) is 31.6 Å². The molecule has 2 atom stereocenters. The zero-order valence-electron chi connectivity index (χ0n) is 14.5. The number of carbonyl (C=O) groups is 1. The van der Waals surface area contributed by atoms with Crippen LogP contribution in [0, 0.1) is 5.92 Å². The molecule has 10 heteroatoms. The van der Waals surface area contributed by atoms with E-state index in [0.29, 0.717) is 19.0 Å². The number of rotatable bonds is 3. The van der Waals surface area contributed by atoms with Gasteiger partial charge in [0.2, 0.25) is 3.79 Å². The Morgan fingerprint density at radius 3 is 2.96 bits per heavy atom. The van der Waals surface area contributed by atoms with E-state index < -0.39 is 9.89 Å². The summed E-state index contributed by atoms with van der Waals surface area (Å²) in [6, 6.07) is 2.03. The number of anilines is 1. The molecule has 0 bridgehead atoms. The molecule has 1 N–H and O–H groups in total. The van der Waals surface area contributed by atoms with Crippen molar-refractivity contribution >= 4 is 57.7 Å². The quantitative estimate of drug-likeness (QED) is 0.768. The molecule has 0 spiro atoms. The van der Waals surface area contributed by atoms with Gasteiger partial charge in [-0.15, -0.1) is 0 Å². The van der Waals surface area contributed by atoms with Crippen molar-refractivity contribution in [2.24, 2.45) is 5.92 Å². The molecule has 0 saturated carbocycles. The number of aromatic nitrogens is 3. The Labute approximate surface area is 166 Å². The van der Waals surface area contributed by atoms with Crippen molar-refractivity contribution in [3.63, 3.8) is 0 Å². The molecule has 3 rings (SSSR count). The standard InChI is InChI=1S/C16H20Cl3N5O2/c1-10-4-6-24(15(25)26-8-16(17,18)19)7-12(10)23(2)14-11-3-5-20-13(11)21-9-22-14/h3,5,9-10,12H,4,6-8H2,1-2H3,(H,20,21,22). The maximum Gasteiger partial charge on any atom is 0.409 e. The third kappa shape index (κ3) is 4.27. The minimum absolute atomic E-state index is 0.0806. The lowest BCUT2D eigenvalue weighted by Gasteiger charge is -2.41. The Balaban J connectivity index is 1.74. The lowest BCUT2D eigenvalue weighted by molar-refractivity contribution is 0.0847. The Morgan fingerprint density at radius 1 is 1.46 bits per heavy atom. The third-order valence-electron chi connectivity index (χ3n) is 4.70. The molecule has 1 aliphatic heterocycles. The SMILES string of the molecule is CC1CCN(C(=O)OCC(Cl)(Cl)Cl)CC1N(C)c1ncnc2[nH]ccc12. The van der Waals surface area contributed by atoms with Gasteiger partial charge in [0.25, 0.3) is 0 Å². The molecule has 142 valence electrons. The van der Waals surface area contributed by atoms with Gasteiger partial charge in [0.1, 0.15) is 24.4 Å². The number of aromatic amines is 1. The Hall–Kier alpha value is -1.44. The van der Waals surface area contributed by atoms with Crippen molar-refractivity contribution in [2.45, 2.75) is 23.2 Å². The first-order chi connectivity index (χ1) is 12.3. The molecular weight excluding hydrogens is 401 g/mol. The summed E-state index contributed by atoms with van der Waals surface area (Å²) in [4.78, 5) is 27.8. The number of nitrogens with zero attached hydrogens (tertiary/aromatic N) is 4. The van der Waals surface area contributed by atoms with Crippen LogP contribution in [0.3, 0.4) is 0 Å². The first-order valence-electron chi connectivity index (χ1n) is 8.25. The van der Waals surface area contributed by atoms with Crippen LogP contribution in [0.25, 0.3) is 11.0 Å². The van der Waals surface area contributed by atoms with Gasteiger partial charge in [-0.2, -0.15) is 0 Å². The molecular formula is C16H20Cl3N5O2. The fourth-order valence-electron chi connectivity index (χ4n) is 3.25. The molecule has 1 saturated heterocycles. The second kappa shape index (κ2) is 7.66. The maximum absolute atomic E-state index is 12.3. The van der Waals surface area contributed by atoms with Crippen molar-refractivity contribution in [3.05, 3.63) is 18.6 Å². The van der Waals surface area contributed by atoms with Gasteiger partial charge in [-0.25, -0.2) is 14.8 Å². The molecule has 2 unspecified atom stereocenters. The van der Waals surface area contributed by atoms with E-state index in [2.05, 4.69) is 26.8 Å². The highest BCUT2D eigenvalue weighted by Crippen LogP contribution is 2.30. The molecule has 0 aromatic carbocycles. The molecule has 1 fully saturated rings. The van der Waals surface area contributed by atoms with E-state index in [0.717, 1.165) is 23.3 Å². The van der Waals surface area contributed by atoms with Gasteiger partial charge in [0.15, 0.2) is 0 Å². The number of piperidine rings is 1. The molecule has 2 aromatic rings. The number of amides is 1. The number of halogens is 3. The second-order valence-electron chi connectivity index (χ2n) is 6.50. The number of alkyl halides is 3. The van der Waals surface area contributed by atoms with E-state index in [9.17, 15) is 4.79 Å². The number of H-pyrrole nitrogens is 1. The molecule has 3 heterocycles. The lowest BCUT2D eigenvalue weighted by atomic mass is 9.92. The van der Waals surface area contributed by atoms with E-state index in [4.69, 9.17) is 39.5 Å². The van der Waals surface area contributed by atoms with E-state index in [1.165, 1.54) is 6.33 Å². The molecule has 0 aliphatic carbocycles. The van der Waals surface area contributed by atoms with Crippen molar-refractivity contribution in [3.8, 4) is 0 Å². The molecule has 0 radical (unpaired) electrons. The summed E-state index contributed by atoms with van der Waals surface area (Å²) in [7, 11) is 1.98. The Bertz CT molecular complexity index is 779. The summed E-state index contributed by atoms with van der Waals surface area (Å²) in [6.07, 6.45) is 3.74. The summed E-state index contributed by atoms with van der Waals surface area (Å²) < 4.78 is 3.50. The Morgan fingerprint density at radius 2 is 2.23 bits per heavy atom. The van der Waals surface area contributed by atoms with Gasteiger partial charge in [0, 0.05) is 26.3 Å². The number of ether oxygens (including phenoxy) is 1. The first-order valence-corrected chi connectivity index (χ1v) is 9.39. The van der Waals surface area contributed by atoms with Crippen molar-refractivity contribution in [1.29, 1.82) is 0 Å². The molecule has 26 heavy (non-hydrogen) atoms. The highest BCUT2D eigenvalue weighted by atomic mass is 35.6. The number of hydrogen-bond donors (Lipinski definition) is 1. The molecule has 7 nitrogen and oxygen atoms in total. The van der Waals surface area contributed by atoms with Crippen LogP contribution < -0.4 is 4.90 Å². The number of nitrogens with one attached hydrogen (secondary N) is 1. The number of fused-ring (bicyclic) bond motifs is 1. The lowest BCUT2D eigenvalue weighted by Crippen LogP contribution is -2.53. The van der Waals surface area contributed by atoms with Crippen molar-refractivity contribution < 1.29 is 9.53 Å². The summed E-state index contributed by atoms with van der Waals surface area (Å²) >= 11 is 17.0. The topological polar surface area (TPSA) is 74.3 Å². The summed E-state index contributed by atoms with van der Waals surface area (Å²) in [5.74, 6) is 1.20. The zero-order valence-corrected chi connectivity index (χ0v) is 16.7. The van der Waals surface area contributed by atoms with Gasteiger partial charge in [-0.05, 0) is 18.4 Å². The largest absolute Gasteiger partial charge is 0.445 e. The molecule has 1 aliphatic rings. The van der Waals surface area contributed by atoms with E-state index in [1.807, 2.05) is 19.3 Å². The first kappa shape index (κ1) is 19.3. The van der Waals surface area contributed by atoms with E-state index in [-0.39, 0.29) is 12.6 Å². The van der Waals surface area contributed by atoms with Gasteiger partial charge in [-0.1, -0.05) is 41.7 Å². The fourth-order valence-corrected chi connectivity index (χ4v) is 3.41. The normalized spacial score (nSPS) is 21.0.